The number of halogens is 4. The number of benzene rings is 2. The van der Waals surface area contributed by atoms with Crippen LogP contribution in [0.15, 0.2) is 42.5 Å². The minimum Gasteiger partial charge on any atom is -0.489 e. The molecule has 0 heterocycles. The number of rotatable bonds is 3. The van der Waals surface area contributed by atoms with E-state index < -0.39 is 11.7 Å². The molecule has 2 N–H and O–H groups in total. The Kier molecular flexibility index (Phi) is 4.09. The summed E-state index contributed by atoms with van der Waals surface area (Å²) in [5, 5.41) is 0.581. The molecule has 6 heteroatoms. The van der Waals surface area contributed by atoms with Crippen LogP contribution in [0.4, 0.5) is 18.9 Å². The van der Waals surface area contributed by atoms with Crippen LogP contribution in [0.5, 0.6) is 5.75 Å². The van der Waals surface area contributed by atoms with Crippen molar-refractivity contribution in [3.8, 4) is 5.75 Å². The van der Waals surface area contributed by atoms with Crippen molar-refractivity contribution in [3.05, 3.63) is 58.6 Å². The highest BCUT2D eigenvalue weighted by Crippen LogP contribution is 2.33. The SMILES string of the molecule is Nc1cc(OCc2ccc(Cl)cc2)cc(C(F)(F)F)c1. The molecular weight excluding hydrogens is 291 g/mol. The summed E-state index contributed by atoms with van der Waals surface area (Å²) >= 11 is 5.74. The molecule has 0 atom stereocenters. The lowest BCUT2D eigenvalue weighted by molar-refractivity contribution is -0.137. The fourth-order valence-corrected chi connectivity index (χ4v) is 1.74. The first-order valence-electron chi connectivity index (χ1n) is 5.69. The van der Waals surface area contributed by atoms with Crippen LogP contribution in [0, 0.1) is 0 Å². The Labute approximate surface area is 118 Å². The fourth-order valence-electron chi connectivity index (χ4n) is 1.62. The first kappa shape index (κ1) is 14.5. The van der Waals surface area contributed by atoms with Crippen molar-refractivity contribution < 1.29 is 17.9 Å². The van der Waals surface area contributed by atoms with Gasteiger partial charge in [0.1, 0.15) is 12.4 Å². The third-order valence-electron chi connectivity index (χ3n) is 2.57. The molecule has 0 saturated carbocycles. The molecule has 2 rings (SSSR count). The summed E-state index contributed by atoms with van der Waals surface area (Å²) < 4.78 is 43.2. The van der Waals surface area contributed by atoms with Gasteiger partial charge in [0.2, 0.25) is 0 Å². The average molecular weight is 302 g/mol. The molecule has 0 aromatic heterocycles. The molecule has 0 bridgehead atoms. The van der Waals surface area contributed by atoms with Gasteiger partial charge in [-0.1, -0.05) is 23.7 Å². The quantitative estimate of drug-likeness (QED) is 0.846. The average Bonchev–Trinajstić information content (AvgIpc) is 2.36. The second kappa shape index (κ2) is 5.63. The first-order chi connectivity index (χ1) is 9.34. The highest BCUT2D eigenvalue weighted by Gasteiger charge is 2.31. The second-order valence-electron chi connectivity index (χ2n) is 4.20. The fraction of sp³-hybridized carbons (Fsp3) is 0.143. The molecule has 0 aliphatic rings. The standard InChI is InChI=1S/C14H11ClF3NO/c15-11-3-1-9(2-4-11)8-20-13-6-10(14(16,17)18)5-12(19)7-13/h1-7H,8,19H2. The van der Waals surface area contributed by atoms with Crippen molar-refractivity contribution in [3.63, 3.8) is 0 Å². The van der Waals surface area contributed by atoms with Gasteiger partial charge in [0.25, 0.3) is 0 Å². The van der Waals surface area contributed by atoms with Gasteiger partial charge in [-0.05, 0) is 29.8 Å². The van der Waals surface area contributed by atoms with Gasteiger partial charge in [-0.2, -0.15) is 13.2 Å². The van der Waals surface area contributed by atoms with E-state index in [2.05, 4.69) is 0 Å². The number of nitrogens with two attached hydrogens (primary N) is 1. The van der Waals surface area contributed by atoms with Gasteiger partial charge < -0.3 is 10.5 Å². The van der Waals surface area contributed by atoms with Crippen molar-refractivity contribution in [2.24, 2.45) is 0 Å². The van der Waals surface area contributed by atoms with E-state index in [4.69, 9.17) is 22.1 Å². The summed E-state index contributed by atoms with van der Waals surface area (Å²) in [6.07, 6.45) is -4.45. The lowest BCUT2D eigenvalue weighted by Gasteiger charge is -2.11. The van der Waals surface area contributed by atoms with Gasteiger partial charge in [0.15, 0.2) is 0 Å². The Balaban J connectivity index is 2.13. The van der Waals surface area contributed by atoms with Crippen molar-refractivity contribution in [1.29, 1.82) is 0 Å². The van der Waals surface area contributed by atoms with Crippen LogP contribution in [0.2, 0.25) is 5.02 Å². The van der Waals surface area contributed by atoms with Gasteiger partial charge in [0, 0.05) is 16.8 Å². The molecule has 0 radical (unpaired) electrons. The number of ether oxygens (including phenoxy) is 1. The van der Waals surface area contributed by atoms with Crippen LogP contribution in [0.25, 0.3) is 0 Å². The highest BCUT2D eigenvalue weighted by molar-refractivity contribution is 6.30. The van der Waals surface area contributed by atoms with Crippen molar-refractivity contribution >= 4 is 17.3 Å². The molecule has 0 unspecified atom stereocenters. The molecule has 0 amide bonds. The number of anilines is 1. The summed E-state index contributed by atoms with van der Waals surface area (Å²) in [5.74, 6) is 0.0762. The Hall–Kier alpha value is -1.88. The maximum absolute atomic E-state index is 12.6. The summed E-state index contributed by atoms with van der Waals surface area (Å²) in [6, 6.07) is 9.98. The van der Waals surface area contributed by atoms with Crippen LogP contribution < -0.4 is 10.5 Å². The van der Waals surface area contributed by atoms with Crippen molar-refractivity contribution in [1.82, 2.24) is 0 Å². The molecular formula is C14H11ClF3NO. The normalized spacial score (nSPS) is 11.4. The molecule has 20 heavy (non-hydrogen) atoms. The molecule has 0 fully saturated rings. The summed E-state index contributed by atoms with van der Waals surface area (Å²) in [7, 11) is 0. The van der Waals surface area contributed by atoms with E-state index in [0.717, 1.165) is 17.7 Å². The maximum atomic E-state index is 12.6. The maximum Gasteiger partial charge on any atom is 0.416 e. The second-order valence-corrected chi connectivity index (χ2v) is 4.64. The Bertz CT molecular complexity index is 596. The van der Waals surface area contributed by atoms with Crippen LogP contribution in [0.3, 0.4) is 0 Å². The van der Waals surface area contributed by atoms with E-state index in [1.54, 1.807) is 24.3 Å². The highest BCUT2D eigenvalue weighted by atomic mass is 35.5. The number of hydrogen-bond acceptors (Lipinski definition) is 2. The lowest BCUT2D eigenvalue weighted by atomic mass is 10.2. The molecule has 106 valence electrons. The minimum atomic E-state index is -4.45. The largest absolute Gasteiger partial charge is 0.489 e. The summed E-state index contributed by atoms with van der Waals surface area (Å²) in [4.78, 5) is 0. The molecule has 0 spiro atoms. The molecule has 0 saturated heterocycles. The monoisotopic (exact) mass is 301 g/mol. The van der Waals surface area contributed by atoms with Gasteiger partial charge >= 0.3 is 6.18 Å². The van der Waals surface area contributed by atoms with Crippen molar-refractivity contribution in [2.75, 3.05) is 5.73 Å². The predicted molar refractivity (Wildman–Crippen MR) is 71.6 cm³/mol. The number of alkyl halides is 3. The van der Waals surface area contributed by atoms with Crippen LogP contribution in [-0.4, -0.2) is 0 Å². The molecule has 2 aromatic carbocycles. The van der Waals surface area contributed by atoms with Gasteiger partial charge in [-0.3, -0.25) is 0 Å². The van der Waals surface area contributed by atoms with E-state index in [1.165, 1.54) is 6.07 Å². The zero-order chi connectivity index (χ0) is 14.8. The van der Waals surface area contributed by atoms with Crippen LogP contribution in [0.1, 0.15) is 11.1 Å². The van der Waals surface area contributed by atoms with Crippen molar-refractivity contribution in [2.45, 2.75) is 12.8 Å². The van der Waals surface area contributed by atoms with E-state index >= 15 is 0 Å². The number of nitrogen functional groups attached to an aromatic ring is 1. The van der Waals surface area contributed by atoms with E-state index in [9.17, 15) is 13.2 Å². The third-order valence-corrected chi connectivity index (χ3v) is 2.83. The Morgan fingerprint density at radius 3 is 2.30 bits per heavy atom. The smallest absolute Gasteiger partial charge is 0.416 e. The molecule has 2 aromatic rings. The molecule has 2 nitrogen and oxygen atoms in total. The first-order valence-corrected chi connectivity index (χ1v) is 6.07. The molecule has 0 aliphatic heterocycles. The zero-order valence-corrected chi connectivity index (χ0v) is 11.0. The Morgan fingerprint density at radius 1 is 1.05 bits per heavy atom. The Morgan fingerprint density at radius 2 is 1.70 bits per heavy atom. The van der Waals surface area contributed by atoms with Gasteiger partial charge in [-0.25, -0.2) is 0 Å². The van der Waals surface area contributed by atoms with Gasteiger partial charge in [-0.15, -0.1) is 0 Å². The summed E-state index contributed by atoms with van der Waals surface area (Å²) in [5.41, 5.74) is 5.42. The lowest BCUT2D eigenvalue weighted by Crippen LogP contribution is -2.06. The third kappa shape index (κ3) is 3.81. The van der Waals surface area contributed by atoms with Gasteiger partial charge in [0.05, 0.1) is 5.56 Å². The van der Waals surface area contributed by atoms with Crippen LogP contribution >= 0.6 is 11.6 Å². The minimum absolute atomic E-state index is 0.00549. The number of hydrogen-bond donors (Lipinski definition) is 1. The molecule has 0 aliphatic carbocycles. The zero-order valence-electron chi connectivity index (χ0n) is 10.2. The van der Waals surface area contributed by atoms with E-state index in [-0.39, 0.29) is 18.0 Å². The van der Waals surface area contributed by atoms with E-state index in [1.807, 2.05) is 0 Å². The topological polar surface area (TPSA) is 35.2 Å². The summed E-state index contributed by atoms with van der Waals surface area (Å²) in [6.45, 7) is 0.137. The van der Waals surface area contributed by atoms with Crippen LogP contribution in [-0.2, 0) is 12.8 Å². The predicted octanol–water partition coefficient (Wildman–Crippen LogP) is 4.52. The van der Waals surface area contributed by atoms with E-state index in [0.29, 0.717) is 5.02 Å².